The maximum absolute atomic E-state index is 12.2. The summed E-state index contributed by atoms with van der Waals surface area (Å²) in [7, 11) is -8.21. The van der Waals surface area contributed by atoms with E-state index in [0.29, 0.717) is 0 Å². The number of terminal acetylenes is 1. The second kappa shape index (κ2) is 8.23. The van der Waals surface area contributed by atoms with Crippen LogP contribution in [-0.4, -0.2) is 33.0 Å². The van der Waals surface area contributed by atoms with Crippen molar-refractivity contribution >= 4 is 15.6 Å². The molecule has 1 rings (SSSR count). The molecule has 3 N–H and O–H groups in total. The van der Waals surface area contributed by atoms with Crippen LogP contribution in [0.1, 0.15) is 27.2 Å². The predicted molar refractivity (Wildman–Crippen MR) is 76.1 cm³/mol. The Morgan fingerprint density at radius 1 is 1.38 bits per heavy atom. The van der Waals surface area contributed by atoms with E-state index in [9.17, 15) is 4.57 Å². The highest BCUT2D eigenvalue weighted by Crippen LogP contribution is 2.54. The van der Waals surface area contributed by atoms with Gasteiger partial charge < -0.3 is 14.7 Å². The zero-order chi connectivity index (χ0) is 16.7. The van der Waals surface area contributed by atoms with Crippen molar-refractivity contribution in [1.29, 1.82) is 0 Å². The molecule has 122 valence electrons. The molecule has 0 saturated carbocycles. The molecule has 0 aliphatic heterocycles. The fraction of sp³-hybridized carbons (Fsp3) is 0.636. The van der Waals surface area contributed by atoms with Crippen LogP contribution in [0.4, 0.5) is 0 Å². The molecule has 0 amide bonds. The van der Waals surface area contributed by atoms with Crippen molar-refractivity contribution in [3.63, 3.8) is 0 Å². The quantitative estimate of drug-likeness (QED) is 0.380. The molecular weight excluding hydrogens is 322 g/mol. The first-order valence-corrected chi connectivity index (χ1v) is 9.00. The van der Waals surface area contributed by atoms with Crippen molar-refractivity contribution in [3.05, 3.63) is 12.2 Å². The van der Waals surface area contributed by atoms with Gasteiger partial charge in [-0.2, -0.15) is 0 Å². The zero-order valence-corrected chi connectivity index (χ0v) is 13.8. The lowest BCUT2D eigenvalue weighted by Crippen LogP contribution is -2.24. The number of phosphoric acid groups is 2. The zero-order valence-electron chi connectivity index (χ0n) is 12.0. The van der Waals surface area contributed by atoms with E-state index in [1.54, 1.807) is 26.8 Å². The Morgan fingerprint density at radius 3 is 2.14 bits per heavy atom. The molecule has 1 aliphatic rings. The van der Waals surface area contributed by atoms with Gasteiger partial charge in [0.1, 0.15) is 5.60 Å². The van der Waals surface area contributed by atoms with E-state index in [0.717, 1.165) is 6.42 Å². The molecule has 8 nitrogen and oxygen atoms in total. The topological polar surface area (TPSA) is 123 Å². The second-order valence-corrected chi connectivity index (χ2v) is 7.00. The lowest BCUT2D eigenvalue weighted by Gasteiger charge is -2.28. The van der Waals surface area contributed by atoms with E-state index < -0.39 is 21.2 Å². The van der Waals surface area contributed by atoms with Crippen molar-refractivity contribution in [2.75, 3.05) is 6.61 Å². The van der Waals surface area contributed by atoms with Crippen LogP contribution in [0.25, 0.3) is 0 Å². The van der Waals surface area contributed by atoms with Crippen LogP contribution in [0.15, 0.2) is 12.2 Å². The van der Waals surface area contributed by atoms with Gasteiger partial charge in [-0.3, -0.25) is 13.6 Å². The molecule has 0 aromatic heterocycles. The van der Waals surface area contributed by atoms with Gasteiger partial charge in [-0.15, -0.1) is 6.42 Å². The molecule has 2 atom stereocenters. The number of hydrogen-bond donors (Lipinski definition) is 3. The minimum absolute atomic E-state index is 0.203. The van der Waals surface area contributed by atoms with Gasteiger partial charge in [-0.05, 0) is 27.2 Å². The highest BCUT2D eigenvalue weighted by molar-refractivity contribution is 7.48. The van der Waals surface area contributed by atoms with Crippen LogP contribution < -0.4 is 0 Å². The monoisotopic (exact) mass is 342 g/mol. The third-order valence-corrected chi connectivity index (χ3v) is 3.74. The summed E-state index contributed by atoms with van der Waals surface area (Å²) >= 11 is 0. The summed E-state index contributed by atoms with van der Waals surface area (Å²) in [5.41, 5.74) is -0.974. The molecule has 0 spiro atoms. The van der Waals surface area contributed by atoms with E-state index in [1.807, 2.05) is 6.08 Å². The van der Waals surface area contributed by atoms with Crippen LogP contribution in [0.3, 0.4) is 0 Å². The van der Waals surface area contributed by atoms with E-state index in [4.69, 9.17) is 39.2 Å². The first-order valence-electron chi connectivity index (χ1n) is 5.97. The van der Waals surface area contributed by atoms with Crippen molar-refractivity contribution < 1.29 is 37.4 Å². The van der Waals surface area contributed by atoms with Gasteiger partial charge in [0, 0.05) is 0 Å². The SMILES string of the molecule is C#CC(C)(C)OP(=O)(OCC)OC1C=CC1.O=P(O)(O)O. The Balaban J connectivity index is 0.000000690. The van der Waals surface area contributed by atoms with Gasteiger partial charge >= 0.3 is 15.6 Å². The van der Waals surface area contributed by atoms with E-state index in [2.05, 4.69) is 5.92 Å². The smallest absolute Gasteiger partial charge is 0.303 e. The van der Waals surface area contributed by atoms with Crippen molar-refractivity contribution in [1.82, 2.24) is 0 Å². The van der Waals surface area contributed by atoms with Crippen molar-refractivity contribution in [2.45, 2.75) is 38.9 Å². The predicted octanol–water partition coefficient (Wildman–Crippen LogP) is 1.98. The lowest BCUT2D eigenvalue weighted by molar-refractivity contribution is 0.0502. The average molecular weight is 342 g/mol. The van der Waals surface area contributed by atoms with Gasteiger partial charge in [-0.1, -0.05) is 18.1 Å². The van der Waals surface area contributed by atoms with Gasteiger partial charge in [0.05, 0.1) is 12.7 Å². The number of hydrogen-bond acceptors (Lipinski definition) is 5. The van der Waals surface area contributed by atoms with Gasteiger partial charge in [-0.25, -0.2) is 9.13 Å². The van der Waals surface area contributed by atoms with Crippen molar-refractivity contribution in [2.24, 2.45) is 0 Å². The summed E-state index contributed by atoms with van der Waals surface area (Å²) in [5.74, 6) is 2.39. The molecule has 0 heterocycles. The minimum atomic E-state index is -4.64. The fourth-order valence-electron chi connectivity index (χ4n) is 1.03. The Hall–Kier alpha value is -0.480. The summed E-state index contributed by atoms with van der Waals surface area (Å²) in [6, 6.07) is 0. The summed E-state index contributed by atoms with van der Waals surface area (Å²) in [4.78, 5) is 21.6. The third-order valence-electron chi connectivity index (χ3n) is 1.96. The molecule has 0 aromatic rings. The highest BCUT2D eigenvalue weighted by Gasteiger charge is 2.36. The molecule has 1 aliphatic carbocycles. The van der Waals surface area contributed by atoms with Crippen LogP contribution in [0.2, 0.25) is 0 Å². The molecule has 0 aromatic carbocycles. The first-order chi connectivity index (χ1) is 9.41. The largest absolute Gasteiger partial charge is 0.476 e. The Bertz CT molecular complexity index is 479. The Morgan fingerprint density at radius 2 is 1.86 bits per heavy atom. The summed E-state index contributed by atoms with van der Waals surface area (Å²) in [6.45, 7) is 5.24. The molecule has 0 radical (unpaired) electrons. The first kappa shape index (κ1) is 20.5. The molecule has 0 saturated heterocycles. The van der Waals surface area contributed by atoms with Gasteiger partial charge in [0.15, 0.2) is 0 Å². The van der Waals surface area contributed by atoms with E-state index >= 15 is 0 Å². The van der Waals surface area contributed by atoms with E-state index in [-0.39, 0.29) is 12.7 Å². The van der Waals surface area contributed by atoms with Crippen molar-refractivity contribution in [3.8, 4) is 12.3 Å². The summed E-state index contributed by atoms with van der Waals surface area (Å²) in [5, 5.41) is 0. The number of rotatable bonds is 6. The fourth-order valence-corrected chi connectivity index (χ4v) is 2.61. The molecule has 0 fully saturated rings. The van der Waals surface area contributed by atoms with Gasteiger partial charge in [0.25, 0.3) is 0 Å². The molecule has 21 heavy (non-hydrogen) atoms. The van der Waals surface area contributed by atoms with E-state index in [1.165, 1.54) is 0 Å². The van der Waals surface area contributed by atoms with Crippen LogP contribution in [0.5, 0.6) is 0 Å². The average Bonchev–Trinajstić information content (AvgIpc) is 2.21. The number of phosphoric ester groups is 1. The minimum Gasteiger partial charge on any atom is -0.303 e. The van der Waals surface area contributed by atoms with Crippen LogP contribution in [-0.2, 0) is 22.7 Å². The Labute approximate surface area is 124 Å². The highest BCUT2D eigenvalue weighted by atomic mass is 31.2. The maximum Gasteiger partial charge on any atom is 0.476 e. The summed E-state index contributed by atoms with van der Waals surface area (Å²) in [6.07, 6.45) is 9.51. The summed E-state index contributed by atoms with van der Waals surface area (Å²) < 4.78 is 36.7. The molecular formula is C11H20O8P2. The van der Waals surface area contributed by atoms with Crippen LogP contribution >= 0.6 is 15.6 Å². The lowest BCUT2D eigenvalue weighted by atomic mass is 10.1. The second-order valence-electron chi connectivity index (χ2n) is 4.43. The molecule has 10 heteroatoms. The van der Waals surface area contributed by atoms with Gasteiger partial charge in [0.2, 0.25) is 0 Å². The Kier molecular flexibility index (Phi) is 8.04. The standard InChI is InChI=1S/C11H17O4P.H3O4P/c1-5-11(3,4)15-16(12,13-6-2)14-10-8-7-9-10;1-5(2,3)4/h1,7-8,10H,6,9H2,2-4H3;(H3,1,2,3,4). The molecule has 2 unspecified atom stereocenters. The third kappa shape index (κ3) is 10.8. The van der Waals surface area contributed by atoms with Crippen LogP contribution in [0, 0.1) is 12.3 Å². The normalized spacial score (nSPS) is 20.5. The maximum atomic E-state index is 12.2. The molecule has 0 bridgehead atoms.